The molecule has 4 rings (SSSR count). The number of nitrogens with one attached hydrogen (secondary N) is 2. The Balaban J connectivity index is 1.76. The summed E-state index contributed by atoms with van der Waals surface area (Å²) in [6.07, 6.45) is 4.78. The van der Waals surface area contributed by atoms with Crippen molar-refractivity contribution < 1.29 is 14.4 Å². The number of hydrogen-bond donors (Lipinski definition) is 2. The number of anilines is 2. The summed E-state index contributed by atoms with van der Waals surface area (Å²) in [5.41, 5.74) is 2.18. The summed E-state index contributed by atoms with van der Waals surface area (Å²) in [6.45, 7) is 6.33. The second-order valence-electron chi connectivity index (χ2n) is 9.75. The van der Waals surface area contributed by atoms with E-state index in [0.29, 0.717) is 29.4 Å². The third-order valence-corrected chi connectivity index (χ3v) is 6.80. The van der Waals surface area contributed by atoms with E-state index in [1.807, 2.05) is 35.2 Å². The zero-order valence-electron chi connectivity index (χ0n) is 19.7. The van der Waals surface area contributed by atoms with E-state index in [1.165, 1.54) is 6.92 Å². The van der Waals surface area contributed by atoms with E-state index in [0.717, 1.165) is 37.7 Å². The molecule has 0 bridgehead atoms. The van der Waals surface area contributed by atoms with Gasteiger partial charge in [0.2, 0.25) is 11.8 Å². The van der Waals surface area contributed by atoms with Gasteiger partial charge in [0, 0.05) is 30.4 Å². The van der Waals surface area contributed by atoms with Crippen LogP contribution in [0.5, 0.6) is 0 Å². The molecule has 1 spiro atoms. The summed E-state index contributed by atoms with van der Waals surface area (Å²) < 4.78 is 0. The van der Waals surface area contributed by atoms with Crippen LogP contribution in [-0.2, 0) is 9.59 Å². The Labute approximate surface area is 195 Å². The SMILES string of the molecule is CC(=O)Nc1cccc(NC(=O)[C@@H]2c3ccccc3C(=O)N(CC(C)C)C23CCCCC3)c1. The van der Waals surface area contributed by atoms with E-state index in [2.05, 4.69) is 24.5 Å². The molecule has 2 aromatic rings. The first-order valence-corrected chi connectivity index (χ1v) is 11.9. The Morgan fingerprint density at radius 2 is 1.67 bits per heavy atom. The number of hydrogen-bond acceptors (Lipinski definition) is 3. The number of nitrogens with zero attached hydrogens (tertiary/aromatic N) is 1. The van der Waals surface area contributed by atoms with Crippen molar-refractivity contribution in [3.63, 3.8) is 0 Å². The summed E-state index contributed by atoms with van der Waals surface area (Å²) in [4.78, 5) is 41.1. The normalized spacial score (nSPS) is 19.3. The van der Waals surface area contributed by atoms with Crippen LogP contribution in [0.15, 0.2) is 48.5 Å². The van der Waals surface area contributed by atoms with Crippen molar-refractivity contribution in [3.8, 4) is 0 Å². The fourth-order valence-electron chi connectivity index (χ4n) is 5.57. The molecule has 1 fully saturated rings. The number of benzene rings is 2. The second kappa shape index (κ2) is 9.38. The van der Waals surface area contributed by atoms with Gasteiger partial charge >= 0.3 is 0 Å². The van der Waals surface area contributed by atoms with Crippen molar-refractivity contribution in [1.29, 1.82) is 0 Å². The predicted molar refractivity (Wildman–Crippen MR) is 130 cm³/mol. The fourth-order valence-corrected chi connectivity index (χ4v) is 5.57. The van der Waals surface area contributed by atoms with Gasteiger partial charge in [-0.2, -0.15) is 0 Å². The van der Waals surface area contributed by atoms with Gasteiger partial charge < -0.3 is 15.5 Å². The minimum atomic E-state index is -0.521. The summed E-state index contributed by atoms with van der Waals surface area (Å²) in [7, 11) is 0. The van der Waals surface area contributed by atoms with Crippen LogP contribution >= 0.6 is 0 Å². The molecule has 1 atom stereocenters. The predicted octanol–water partition coefficient (Wildman–Crippen LogP) is 5.18. The summed E-state index contributed by atoms with van der Waals surface area (Å²) >= 11 is 0. The average molecular weight is 448 g/mol. The molecule has 0 unspecified atom stereocenters. The molecule has 6 nitrogen and oxygen atoms in total. The molecule has 0 radical (unpaired) electrons. The average Bonchev–Trinajstić information content (AvgIpc) is 2.77. The highest BCUT2D eigenvalue weighted by Gasteiger charge is 2.54. The molecule has 2 aliphatic rings. The molecule has 3 amide bonds. The Kier molecular flexibility index (Phi) is 6.54. The van der Waals surface area contributed by atoms with Crippen molar-refractivity contribution in [2.45, 2.75) is 64.3 Å². The van der Waals surface area contributed by atoms with Crippen LogP contribution < -0.4 is 10.6 Å². The molecule has 1 aliphatic carbocycles. The number of fused-ring (bicyclic) bond motifs is 1. The standard InChI is InChI=1S/C27H33N3O3/c1-18(2)17-30-26(33)23-13-6-5-12-22(23)24(27(30)14-7-4-8-15-27)25(32)29-21-11-9-10-20(16-21)28-19(3)31/h5-6,9-13,16,18,24H,4,7-8,14-15,17H2,1-3H3,(H,28,31)(H,29,32)/t24-/m0/s1. The molecule has 2 N–H and O–H groups in total. The number of rotatable bonds is 5. The zero-order chi connectivity index (χ0) is 23.6. The maximum atomic E-state index is 13.9. The first-order chi connectivity index (χ1) is 15.8. The van der Waals surface area contributed by atoms with E-state index in [1.54, 1.807) is 18.2 Å². The summed E-state index contributed by atoms with van der Waals surface area (Å²) in [5.74, 6) is -0.377. The van der Waals surface area contributed by atoms with Gasteiger partial charge in [-0.1, -0.05) is 57.4 Å². The number of carbonyl (C=O) groups excluding carboxylic acids is 3. The minimum Gasteiger partial charge on any atom is -0.332 e. The van der Waals surface area contributed by atoms with E-state index in [-0.39, 0.29) is 17.7 Å². The Morgan fingerprint density at radius 1 is 1.00 bits per heavy atom. The largest absolute Gasteiger partial charge is 0.332 e. The lowest BCUT2D eigenvalue weighted by atomic mass is 9.65. The molecule has 174 valence electrons. The van der Waals surface area contributed by atoms with E-state index < -0.39 is 11.5 Å². The Morgan fingerprint density at radius 3 is 2.33 bits per heavy atom. The number of carbonyl (C=O) groups is 3. The van der Waals surface area contributed by atoms with Crippen LogP contribution in [0.4, 0.5) is 11.4 Å². The quantitative estimate of drug-likeness (QED) is 0.663. The van der Waals surface area contributed by atoms with Crippen LogP contribution in [0.3, 0.4) is 0 Å². The lowest BCUT2D eigenvalue weighted by Crippen LogP contribution is -2.62. The van der Waals surface area contributed by atoms with Crippen LogP contribution in [-0.4, -0.2) is 34.7 Å². The Bertz CT molecular complexity index is 1060. The van der Waals surface area contributed by atoms with Crippen LogP contribution in [0, 0.1) is 5.92 Å². The molecular formula is C27H33N3O3. The fraction of sp³-hybridized carbons (Fsp3) is 0.444. The summed E-state index contributed by atoms with van der Waals surface area (Å²) in [6, 6.07) is 14.8. The van der Waals surface area contributed by atoms with E-state index in [9.17, 15) is 14.4 Å². The minimum absolute atomic E-state index is 0.0397. The monoisotopic (exact) mass is 447 g/mol. The van der Waals surface area contributed by atoms with Crippen LogP contribution in [0.1, 0.15) is 74.7 Å². The zero-order valence-corrected chi connectivity index (χ0v) is 19.7. The molecule has 1 heterocycles. The molecule has 6 heteroatoms. The third-order valence-electron chi connectivity index (χ3n) is 6.80. The van der Waals surface area contributed by atoms with Crippen LogP contribution in [0.2, 0.25) is 0 Å². The van der Waals surface area contributed by atoms with Crippen LogP contribution in [0.25, 0.3) is 0 Å². The molecule has 0 saturated heterocycles. The van der Waals surface area contributed by atoms with Gasteiger partial charge in [-0.3, -0.25) is 14.4 Å². The smallest absolute Gasteiger partial charge is 0.254 e. The maximum absolute atomic E-state index is 13.9. The van der Waals surface area contributed by atoms with Gasteiger partial charge in [-0.15, -0.1) is 0 Å². The molecule has 2 aromatic carbocycles. The van der Waals surface area contributed by atoms with Crippen molar-refractivity contribution >= 4 is 29.1 Å². The highest BCUT2D eigenvalue weighted by Crippen LogP contribution is 2.49. The van der Waals surface area contributed by atoms with Gasteiger partial charge in [-0.25, -0.2) is 0 Å². The van der Waals surface area contributed by atoms with Gasteiger partial charge in [0.25, 0.3) is 5.91 Å². The molecule has 33 heavy (non-hydrogen) atoms. The molecule has 1 aliphatic heterocycles. The first kappa shape index (κ1) is 23.0. The first-order valence-electron chi connectivity index (χ1n) is 11.9. The number of amides is 3. The Hall–Kier alpha value is -3.15. The topological polar surface area (TPSA) is 78.5 Å². The molecule has 0 aromatic heterocycles. The van der Waals surface area contributed by atoms with Crippen molar-refractivity contribution in [2.75, 3.05) is 17.2 Å². The van der Waals surface area contributed by atoms with E-state index in [4.69, 9.17) is 0 Å². The maximum Gasteiger partial charge on any atom is 0.254 e. The summed E-state index contributed by atoms with van der Waals surface area (Å²) in [5, 5.41) is 5.86. The lowest BCUT2D eigenvalue weighted by molar-refractivity contribution is -0.122. The van der Waals surface area contributed by atoms with Gasteiger partial charge in [0.15, 0.2) is 0 Å². The van der Waals surface area contributed by atoms with Crippen molar-refractivity contribution in [2.24, 2.45) is 5.92 Å². The van der Waals surface area contributed by atoms with Crippen molar-refractivity contribution in [3.05, 3.63) is 59.7 Å². The highest BCUT2D eigenvalue weighted by atomic mass is 16.2. The third kappa shape index (κ3) is 4.52. The van der Waals surface area contributed by atoms with Gasteiger partial charge in [-0.05, 0) is 48.6 Å². The van der Waals surface area contributed by atoms with E-state index >= 15 is 0 Å². The molecule has 1 saturated carbocycles. The van der Waals surface area contributed by atoms with Gasteiger partial charge in [0.05, 0.1) is 11.5 Å². The lowest BCUT2D eigenvalue weighted by Gasteiger charge is -2.54. The molecular weight excluding hydrogens is 414 g/mol. The van der Waals surface area contributed by atoms with Gasteiger partial charge in [0.1, 0.15) is 0 Å². The second-order valence-corrected chi connectivity index (χ2v) is 9.75. The van der Waals surface area contributed by atoms with Crippen molar-refractivity contribution in [1.82, 2.24) is 4.90 Å². The highest BCUT2D eigenvalue weighted by molar-refractivity contribution is 6.05.